The molecule has 18 nitrogen and oxygen atoms in total. The number of carbonyl (C=O) groups is 4. The zero-order chi connectivity index (χ0) is 44.6. The number of hydrazone groups is 1. The van der Waals surface area contributed by atoms with E-state index in [0.717, 1.165) is 24.1 Å². The fourth-order valence-electron chi connectivity index (χ4n) is 8.21. The molecule has 0 radical (unpaired) electrons. The van der Waals surface area contributed by atoms with Gasteiger partial charge in [-0.05, 0) is 75.3 Å². The Hall–Kier alpha value is -6.59. The van der Waals surface area contributed by atoms with Crippen LogP contribution in [0.3, 0.4) is 0 Å². The summed E-state index contributed by atoms with van der Waals surface area (Å²) in [5, 5.41) is 9.20. The van der Waals surface area contributed by atoms with Crippen LogP contribution in [0.25, 0.3) is 22.3 Å². The molecule has 4 aliphatic rings. The maximum absolute atomic E-state index is 14.3. The number of fused-ring (bicyclic) bond motifs is 2. The second-order valence-corrected chi connectivity index (χ2v) is 17.2. The van der Waals surface area contributed by atoms with Gasteiger partial charge in [-0.2, -0.15) is 5.10 Å². The van der Waals surface area contributed by atoms with Crippen molar-refractivity contribution < 1.29 is 47.6 Å². The van der Waals surface area contributed by atoms with Crippen LogP contribution in [-0.4, -0.2) is 126 Å². The van der Waals surface area contributed by atoms with Crippen molar-refractivity contribution in [1.29, 1.82) is 0 Å². The quantitative estimate of drug-likeness (QED) is 0.163. The molecular weight excluding hydrogens is 813 g/mol. The second kappa shape index (κ2) is 17.6. The Labute approximate surface area is 365 Å². The number of amides is 4. The molecule has 0 unspecified atom stereocenters. The lowest BCUT2D eigenvalue weighted by atomic mass is 9.82. The molecule has 2 aromatic carbocycles. The highest BCUT2D eigenvalue weighted by Crippen LogP contribution is 2.49. The summed E-state index contributed by atoms with van der Waals surface area (Å²) in [4.78, 5) is 70.1. The van der Waals surface area contributed by atoms with E-state index < -0.39 is 17.6 Å². The molecule has 63 heavy (non-hydrogen) atoms. The molecule has 4 aromatic rings. The van der Waals surface area contributed by atoms with E-state index in [0.29, 0.717) is 102 Å². The van der Waals surface area contributed by atoms with Gasteiger partial charge in [0.1, 0.15) is 29.3 Å². The van der Waals surface area contributed by atoms with E-state index in [9.17, 15) is 19.2 Å². The van der Waals surface area contributed by atoms with E-state index in [4.69, 9.17) is 33.5 Å². The molecule has 0 bridgehead atoms. The van der Waals surface area contributed by atoms with Gasteiger partial charge in [0.25, 0.3) is 0 Å². The molecule has 2 fully saturated rings. The van der Waals surface area contributed by atoms with Gasteiger partial charge in [-0.25, -0.2) is 19.8 Å². The van der Waals surface area contributed by atoms with E-state index >= 15 is 0 Å². The van der Waals surface area contributed by atoms with Crippen LogP contribution in [0.1, 0.15) is 70.1 Å². The second-order valence-electron chi connectivity index (χ2n) is 17.2. The molecule has 1 saturated heterocycles. The fraction of sp³-hybridized carbons (Fsp3) is 0.489. The molecule has 3 aliphatic heterocycles. The smallest absolute Gasteiger partial charge is 0.413 e. The number of methoxy groups -OCH3 is 2. The van der Waals surface area contributed by atoms with Gasteiger partial charge < -0.3 is 48.5 Å². The summed E-state index contributed by atoms with van der Waals surface area (Å²) < 4.78 is 34.7. The van der Waals surface area contributed by atoms with Gasteiger partial charge in [0, 0.05) is 45.6 Å². The Balaban J connectivity index is 0.988. The zero-order valence-electron chi connectivity index (χ0n) is 36.7. The van der Waals surface area contributed by atoms with Gasteiger partial charge in [0.05, 0.1) is 54.8 Å². The van der Waals surface area contributed by atoms with Gasteiger partial charge in [0.2, 0.25) is 24.5 Å². The summed E-state index contributed by atoms with van der Waals surface area (Å²) in [6, 6.07) is 7.86. The lowest BCUT2D eigenvalue weighted by molar-refractivity contribution is -0.145. The van der Waals surface area contributed by atoms with Gasteiger partial charge in [-0.1, -0.05) is 13.8 Å². The van der Waals surface area contributed by atoms with Crippen LogP contribution in [0, 0.1) is 18.3 Å². The zero-order valence-corrected chi connectivity index (χ0v) is 36.7. The number of aryl methyl sites for hydroxylation is 1. The maximum atomic E-state index is 14.3. The number of benzene rings is 2. The number of hydrogen-bond donors (Lipinski definition) is 2. The molecule has 5 heterocycles. The van der Waals surface area contributed by atoms with Crippen LogP contribution in [0.5, 0.6) is 34.5 Å². The first-order chi connectivity index (χ1) is 30.3. The fourth-order valence-corrected chi connectivity index (χ4v) is 8.21. The number of piperidine rings is 1. The third-order valence-electron chi connectivity index (χ3n) is 12.0. The van der Waals surface area contributed by atoms with Crippen molar-refractivity contribution in [2.24, 2.45) is 16.4 Å². The summed E-state index contributed by atoms with van der Waals surface area (Å²) in [5.74, 6) is 2.77. The van der Waals surface area contributed by atoms with Crippen molar-refractivity contribution in [2.75, 3.05) is 54.8 Å². The molecule has 8 rings (SSSR count). The number of hydrogen-bond acceptors (Lipinski definition) is 13. The van der Waals surface area contributed by atoms with Crippen LogP contribution in [0.4, 0.5) is 4.79 Å². The molecule has 1 aliphatic carbocycles. The predicted molar refractivity (Wildman–Crippen MR) is 230 cm³/mol. The van der Waals surface area contributed by atoms with Crippen molar-refractivity contribution in [3.05, 3.63) is 47.9 Å². The standard InChI is InChI=1S/C45H54N8O10/c1-25-40(39-38(48-25)37(46-23-47-39)36-32(60-22-26-8-9-26)13-14-33-41(36)62-24-61-33)63-44(57)49-29(11-15-35(54)51(4)5)42(55)52-18-16-28(17-19-52)53-43(56)45(2,3)21-30(50-53)27-10-12-31(58-6)34(20-27)59-7/h10,12-14,20,23,26,28-29,48H,8-9,11,15-19,21-22,24H2,1-7H3,(H,49,57)/t29-/m1/s1. The van der Waals surface area contributed by atoms with Crippen LogP contribution >= 0.6 is 0 Å². The van der Waals surface area contributed by atoms with Crippen LogP contribution < -0.4 is 33.7 Å². The molecule has 2 N–H and O–H groups in total. The van der Waals surface area contributed by atoms with Crippen molar-refractivity contribution in [3.8, 4) is 45.8 Å². The molecule has 0 spiro atoms. The number of ether oxygens (including phenoxy) is 6. The largest absolute Gasteiger partial charge is 0.493 e. The van der Waals surface area contributed by atoms with Crippen molar-refractivity contribution in [1.82, 2.24) is 35.1 Å². The molecule has 18 heteroatoms. The Morgan fingerprint density at radius 2 is 1.75 bits per heavy atom. The summed E-state index contributed by atoms with van der Waals surface area (Å²) in [6.45, 7) is 6.77. The first kappa shape index (κ1) is 43.1. The van der Waals surface area contributed by atoms with Gasteiger partial charge in [-0.3, -0.25) is 14.4 Å². The van der Waals surface area contributed by atoms with Crippen molar-refractivity contribution >= 4 is 40.6 Å². The third kappa shape index (κ3) is 8.88. The normalized spacial score (nSPS) is 17.6. The topological polar surface area (TPSA) is 199 Å². The van der Waals surface area contributed by atoms with Crippen LogP contribution in [-0.2, 0) is 14.4 Å². The lowest BCUT2D eigenvalue weighted by Gasteiger charge is -2.42. The number of aromatic amines is 1. The number of aromatic nitrogens is 3. The Bertz CT molecular complexity index is 2450. The maximum Gasteiger partial charge on any atom is 0.413 e. The van der Waals surface area contributed by atoms with Gasteiger partial charge in [0.15, 0.2) is 28.7 Å². The molecule has 334 valence electrons. The van der Waals surface area contributed by atoms with E-state index in [1.807, 2.05) is 38.1 Å². The summed E-state index contributed by atoms with van der Waals surface area (Å²) >= 11 is 0. The molecule has 1 atom stereocenters. The number of nitrogens with zero attached hydrogens (tertiary/aromatic N) is 6. The lowest BCUT2D eigenvalue weighted by Crippen LogP contribution is -2.55. The average molecular weight is 867 g/mol. The summed E-state index contributed by atoms with van der Waals surface area (Å²) in [6.07, 6.45) is 4.10. The molecule has 4 amide bonds. The first-order valence-corrected chi connectivity index (χ1v) is 21.3. The van der Waals surface area contributed by atoms with E-state index in [1.54, 1.807) is 51.2 Å². The summed E-state index contributed by atoms with van der Waals surface area (Å²) in [5.41, 5.74) is 3.22. The molecular formula is C45H54N8O10. The SMILES string of the molecule is COc1ccc(C2=NN(C3CCN(C(=O)[C@@H](CCC(=O)N(C)C)NC(=O)Oc4c(C)[nH]c5c(-c6c(OCC7CC7)ccc7c6OCO7)ncnc45)CC3)C(=O)C(C)(C)C2)cc1OC. The number of likely N-dealkylation sites (tertiary alicyclic amines) is 1. The highest BCUT2D eigenvalue weighted by Gasteiger charge is 2.43. The number of H-pyrrole nitrogens is 1. The highest BCUT2D eigenvalue weighted by molar-refractivity contribution is 6.06. The minimum absolute atomic E-state index is 0.00613. The first-order valence-electron chi connectivity index (χ1n) is 21.3. The van der Waals surface area contributed by atoms with E-state index in [1.165, 1.54) is 11.2 Å². The monoisotopic (exact) mass is 866 g/mol. The third-order valence-corrected chi connectivity index (χ3v) is 12.0. The highest BCUT2D eigenvalue weighted by atomic mass is 16.7. The van der Waals surface area contributed by atoms with Gasteiger partial charge >= 0.3 is 6.09 Å². The minimum atomic E-state index is -1.09. The van der Waals surface area contributed by atoms with Crippen molar-refractivity contribution in [2.45, 2.75) is 77.8 Å². The number of carbonyl (C=O) groups excluding carboxylic acids is 4. The number of rotatable bonds is 14. The Morgan fingerprint density at radius 3 is 2.46 bits per heavy atom. The molecule has 1 saturated carbocycles. The summed E-state index contributed by atoms with van der Waals surface area (Å²) in [7, 11) is 6.41. The Kier molecular flexibility index (Phi) is 12.1. The van der Waals surface area contributed by atoms with Crippen LogP contribution in [0.2, 0.25) is 0 Å². The Morgan fingerprint density at radius 1 is 1.00 bits per heavy atom. The predicted octanol–water partition coefficient (Wildman–Crippen LogP) is 5.45. The number of nitrogens with one attached hydrogen (secondary N) is 2. The van der Waals surface area contributed by atoms with Crippen molar-refractivity contribution in [3.63, 3.8) is 0 Å². The van der Waals surface area contributed by atoms with Gasteiger partial charge in [-0.15, -0.1) is 0 Å². The minimum Gasteiger partial charge on any atom is -0.493 e. The average Bonchev–Trinajstić information content (AvgIpc) is 3.89. The molecule has 2 aromatic heterocycles. The van der Waals surface area contributed by atoms with Crippen LogP contribution in [0.15, 0.2) is 41.8 Å². The van der Waals surface area contributed by atoms with E-state index in [2.05, 4.69) is 20.3 Å². The van der Waals surface area contributed by atoms with E-state index in [-0.39, 0.29) is 49.1 Å².